The van der Waals surface area contributed by atoms with Crippen molar-refractivity contribution in [2.24, 2.45) is 0 Å². The van der Waals surface area contributed by atoms with Gasteiger partial charge in [0, 0.05) is 17.7 Å². The van der Waals surface area contributed by atoms with E-state index in [1.165, 1.54) is 0 Å². The van der Waals surface area contributed by atoms with E-state index < -0.39 is 31.4 Å². The fraction of sp³-hybridized carbons (Fsp3) is 0.100. The normalized spacial score (nSPS) is 11.6. The number of hydrogen-bond donors (Lipinski definition) is 1. The molecular weight excluding hydrogens is 278 g/mol. The van der Waals surface area contributed by atoms with Gasteiger partial charge in [-0.3, -0.25) is 10.1 Å². The zero-order chi connectivity index (χ0) is 14.4. The molecule has 19 heavy (non-hydrogen) atoms. The quantitative estimate of drug-likeness (QED) is 0.667. The summed E-state index contributed by atoms with van der Waals surface area (Å²) in [7, 11) is -3.84. The summed E-state index contributed by atoms with van der Waals surface area (Å²) in [5.74, 6) is -2.31. The van der Waals surface area contributed by atoms with Gasteiger partial charge in [0.05, 0.1) is 11.0 Å². The van der Waals surface area contributed by atoms with Crippen LogP contribution in [0.25, 0.3) is 11.0 Å². The van der Waals surface area contributed by atoms with E-state index >= 15 is 0 Å². The lowest BCUT2D eigenvalue weighted by atomic mass is 10.2. The molecule has 1 aromatic carbocycles. The first-order valence-electron chi connectivity index (χ1n) is 4.86. The summed E-state index contributed by atoms with van der Waals surface area (Å²) in [5, 5.41) is 19.5. The summed E-state index contributed by atoms with van der Waals surface area (Å²) in [6, 6.07) is 3.22. The fourth-order valence-electron chi connectivity index (χ4n) is 1.68. The van der Waals surface area contributed by atoms with Crippen LogP contribution < -0.4 is 0 Å². The topological polar surface area (TPSA) is 128 Å². The molecule has 100 valence electrons. The lowest BCUT2D eigenvalue weighted by Gasteiger charge is -1.95. The lowest BCUT2D eigenvalue weighted by Crippen LogP contribution is -2.04. The number of carbonyl (C=O) groups is 1. The summed E-state index contributed by atoms with van der Waals surface area (Å²) in [4.78, 5) is 20.4. The monoisotopic (exact) mass is 285 g/mol. The Bertz CT molecular complexity index is 803. The largest absolute Gasteiger partial charge is 0.475 e. The highest BCUT2D eigenvalue weighted by molar-refractivity contribution is 7.91. The van der Waals surface area contributed by atoms with E-state index in [4.69, 9.17) is 9.52 Å². The standard InChI is InChI=1S/C10H7NO7S/c1-19(16,17)9-6-3-2-5(11(14)15)4-7(6)18-8(9)10(12)13/h2-4H,1H3,(H,12,13). The second-order valence-corrected chi connectivity index (χ2v) is 5.73. The minimum Gasteiger partial charge on any atom is -0.475 e. The molecule has 0 aliphatic heterocycles. The molecule has 9 heteroatoms. The molecule has 0 amide bonds. The Morgan fingerprint density at radius 3 is 2.53 bits per heavy atom. The number of carboxylic acids is 1. The Labute approximate surface area is 106 Å². The van der Waals surface area contributed by atoms with E-state index in [-0.39, 0.29) is 16.7 Å². The van der Waals surface area contributed by atoms with Gasteiger partial charge in [-0.2, -0.15) is 0 Å². The number of nitrogens with zero attached hydrogens (tertiary/aromatic N) is 1. The predicted octanol–water partition coefficient (Wildman–Crippen LogP) is 1.44. The summed E-state index contributed by atoms with van der Waals surface area (Å²) in [6.45, 7) is 0. The van der Waals surface area contributed by atoms with Gasteiger partial charge in [-0.25, -0.2) is 13.2 Å². The van der Waals surface area contributed by atoms with E-state index in [2.05, 4.69) is 0 Å². The molecule has 8 nitrogen and oxygen atoms in total. The first kappa shape index (κ1) is 13.0. The molecule has 0 aliphatic rings. The number of carboxylic acid groups (broad SMARTS) is 1. The minimum absolute atomic E-state index is 0.00509. The van der Waals surface area contributed by atoms with Gasteiger partial charge in [0.15, 0.2) is 9.84 Å². The molecule has 0 bridgehead atoms. The van der Waals surface area contributed by atoms with E-state index in [0.717, 1.165) is 24.5 Å². The third-order valence-corrected chi connectivity index (χ3v) is 3.55. The molecule has 1 N–H and O–H groups in total. The van der Waals surface area contributed by atoms with Crippen LogP contribution in [0.4, 0.5) is 5.69 Å². The van der Waals surface area contributed by atoms with Gasteiger partial charge in [0.2, 0.25) is 5.76 Å². The predicted molar refractivity (Wildman–Crippen MR) is 62.9 cm³/mol. The number of rotatable bonds is 3. The molecule has 0 radical (unpaired) electrons. The number of non-ortho nitro benzene ring substituents is 1. The van der Waals surface area contributed by atoms with Crippen molar-refractivity contribution in [3.63, 3.8) is 0 Å². The first-order valence-corrected chi connectivity index (χ1v) is 6.75. The van der Waals surface area contributed by atoms with E-state index in [1.807, 2.05) is 0 Å². The molecule has 0 spiro atoms. The van der Waals surface area contributed by atoms with E-state index in [0.29, 0.717) is 0 Å². The second kappa shape index (κ2) is 4.05. The Hall–Kier alpha value is -2.42. The summed E-state index contributed by atoms with van der Waals surface area (Å²) < 4.78 is 28.1. The van der Waals surface area contributed by atoms with Crippen molar-refractivity contribution in [1.29, 1.82) is 0 Å². The van der Waals surface area contributed by atoms with Crippen LogP contribution in [0.1, 0.15) is 10.6 Å². The minimum atomic E-state index is -3.84. The molecule has 1 aromatic heterocycles. The number of furan rings is 1. The van der Waals surface area contributed by atoms with Gasteiger partial charge in [0.25, 0.3) is 5.69 Å². The SMILES string of the molecule is CS(=O)(=O)c1c(C(=O)O)oc2cc([N+](=O)[O-])ccc12. The first-order chi connectivity index (χ1) is 8.71. The average Bonchev–Trinajstić information content (AvgIpc) is 2.66. The highest BCUT2D eigenvalue weighted by Gasteiger charge is 2.28. The number of sulfone groups is 1. The molecule has 2 rings (SSSR count). The van der Waals surface area contributed by atoms with Gasteiger partial charge < -0.3 is 9.52 Å². The van der Waals surface area contributed by atoms with Crippen molar-refractivity contribution >= 4 is 32.5 Å². The van der Waals surface area contributed by atoms with E-state index in [1.54, 1.807) is 0 Å². The number of fused-ring (bicyclic) bond motifs is 1. The van der Waals surface area contributed by atoms with Crippen molar-refractivity contribution in [2.45, 2.75) is 4.90 Å². The molecule has 0 saturated carbocycles. The second-order valence-electron chi connectivity index (χ2n) is 3.78. The Kier molecular flexibility index (Phi) is 2.78. The lowest BCUT2D eigenvalue weighted by molar-refractivity contribution is -0.384. The molecule has 0 saturated heterocycles. The van der Waals surface area contributed by atoms with Gasteiger partial charge in [-0.15, -0.1) is 0 Å². The third kappa shape index (κ3) is 2.15. The molecule has 0 fully saturated rings. The highest BCUT2D eigenvalue weighted by Crippen LogP contribution is 2.32. The number of nitro groups is 1. The van der Waals surface area contributed by atoms with E-state index in [9.17, 15) is 23.3 Å². The third-order valence-electron chi connectivity index (χ3n) is 2.40. The number of nitro benzene ring substituents is 1. The van der Waals surface area contributed by atoms with Gasteiger partial charge >= 0.3 is 5.97 Å². The van der Waals surface area contributed by atoms with Crippen molar-refractivity contribution in [3.05, 3.63) is 34.1 Å². The fourth-order valence-corrected chi connectivity index (χ4v) is 2.72. The maximum Gasteiger partial charge on any atom is 0.373 e. The van der Waals surface area contributed by atoms with Crippen molar-refractivity contribution in [2.75, 3.05) is 6.26 Å². The maximum absolute atomic E-state index is 11.6. The van der Waals surface area contributed by atoms with Crippen LogP contribution in [0.15, 0.2) is 27.5 Å². The Balaban J connectivity index is 2.89. The molecular formula is C10H7NO7S. The highest BCUT2D eigenvalue weighted by atomic mass is 32.2. The van der Waals surface area contributed by atoms with Crippen LogP contribution in [-0.2, 0) is 9.84 Å². The summed E-state index contributed by atoms with van der Waals surface area (Å²) in [5.41, 5.74) is -0.481. The molecule has 0 atom stereocenters. The molecule has 0 unspecified atom stereocenters. The van der Waals surface area contributed by atoms with Crippen molar-refractivity contribution < 1.29 is 27.7 Å². The maximum atomic E-state index is 11.6. The number of hydrogen-bond acceptors (Lipinski definition) is 6. The zero-order valence-electron chi connectivity index (χ0n) is 9.48. The van der Waals surface area contributed by atoms with Crippen molar-refractivity contribution in [3.8, 4) is 0 Å². The molecule has 2 aromatic rings. The van der Waals surface area contributed by atoms with Crippen LogP contribution in [-0.4, -0.2) is 30.7 Å². The van der Waals surface area contributed by atoms with Crippen LogP contribution >= 0.6 is 0 Å². The van der Waals surface area contributed by atoms with Crippen LogP contribution in [0.3, 0.4) is 0 Å². The van der Waals surface area contributed by atoms with Gasteiger partial charge in [-0.05, 0) is 6.07 Å². The number of benzene rings is 1. The van der Waals surface area contributed by atoms with Crippen LogP contribution in [0.2, 0.25) is 0 Å². The average molecular weight is 285 g/mol. The van der Waals surface area contributed by atoms with Gasteiger partial charge in [0.1, 0.15) is 10.5 Å². The van der Waals surface area contributed by atoms with Crippen LogP contribution in [0.5, 0.6) is 0 Å². The summed E-state index contributed by atoms with van der Waals surface area (Å²) >= 11 is 0. The molecule has 0 aliphatic carbocycles. The van der Waals surface area contributed by atoms with Crippen LogP contribution in [0, 0.1) is 10.1 Å². The zero-order valence-corrected chi connectivity index (χ0v) is 10.3. The molecule has 1 heterocycles. The smallest absolute Gasteiger partial charge is 0.373 e. The summed E-state index contributed by atoms with van der Waals surface area (Å²) in [6.07, 6.45) is 0.838. The van der Waals surface area contributed by atoms with Crippen molar-refractivity contribution in [1.82, 2.24) is 0 Å². The number of aromatic carboxylic acids is 1. The van der Waals surface area contributed by atoms with Gasteiger partial charge in [-0.1, -0.05) is 0 Å². The Morgan fingerprint density at radius 1 is 1.42 bits per heavy atom. The Morgan fingerprint density at radius 2 is 2.05 bits per heavy atom.